The second-order valence-electron chi connectivity index (χ2n) is 5.19. The minimum absolute atomic E-state index is 0.0618. The number of para-hydroxylation sites is 1. The lowest BCUT2D eigenvalue weighted by Gasteiger charge is -2.02. The van der Waals surface area contributed by atoms with Crippen LogP contribution in [-0.2, 0) is 0 Å². The van der Waals surface area contributed by atoms with E-state index < -0.39 is 11.5 Å². The maximum atomic E-state index is 12.4. The molecule has 3 aromatic heterocycles. The summed E-state index contributed by atoms with van der Waals surface area (Å²) in [6, 6.07) is 14.1. The third-order valence-electron chi connectivity index (χ3n) is 3.54. The van der Waals surface area contributed by atoms with Crippen LogP contribution in [0.2, 0.25) is 0 Å². The van der Waals surface area contributed by atoms with Gasteiger partial charge < -0.3 is 4.42 Å². The fourth-order valence-corrected chi connectivity index (χ4v) is 3.05. The Balaban J connectivity index is 1.61. The molecule has 0 aliphatic carbocycles. The molecule has 4 rings (SSSR count). The average molecular weight is 349 g/mol. The Hall–Kier alpha value is -3.32. The predicted molar refractivity (Wildman–Crippen MR) is 95.8 cm³/mol. The number of hydrogen-bond acceptors (Lipinski definition) is 6. The van der Waals surface area contributed by atoms with Gasteiger partial charge in [-0.1, -0.05) is 24.3 Å². The summed E-state index contributed by atoms with van der Waals surface area (Å²) in [5, 5.41) is 5.50. The third kappa shape index (κ3) is 3.05. The highest BCUT2D eigenvalue weighted by molar-refractivity contribution is 7.14. The molecule has 6 nitrogen and oxygen atoms in total. The molecule has 0 unspecified atom stereocenters. The van der Waals surface area contributed by atoms with Crippen molar-refractivity contribution in [2.75, 3.05) is 5.32 Å². The van der Waals surface area contributed by atoms with Crippen LogP contribution in [0, 0.1) is 0 Å². The van der Waals surface area contributed by atoms with Gasteiger partial charge in [0.1, 0.15) is 16.8 Å². The van der Waals surface area contributed by atoms with Gasteiger partial charge in [0.05, 0.1) is 5.69 Å². The molecule has 0 spiro atoms. The number of carbonyl (C=O) groups is 1. The minimum atomic E-state index is -0.683. The Kier molecular flexibility index (Phi) is 3.83. The fraction of sp³-hybridized carbons (Fsp3) is 0. The fourth-order valence-electron chi connectivity index (χ4n) is 2.35. The number of nitrogens with one attached hydrogen (secondary N) is 1. The topological polar surface area (TPSA) is 85.1 Å². The van der Waals surface area contributed by atoms with Crippen molar-refractivity contribution < 1.29 is 9.21 Å². The summed E-state index contributed by atoms with van der Waals surface area (Å²) in [5.74, 6) is -0.554. The summed E-state index contributed by atoms with van der Waals surface area (Å²) in [7, 11) is 0. The van der Waals surface area contributed by atoms with E-state index in [0.29, 0.717) is 27.5 Å². The molecular weight excluding hydrogens is 338 g/mol. The van der Waals surface area contributed by atoms with E-state index in [4.69, 9.17) is 4.42 Å². The Morgan fingerprint density at radius 3 is 2.76 bits per heavy atom. The monoisotopic (exact) mass is 349 g/mol. The van der Waals surface area contributed by atoms with Gasteiger partial charge in [0, 0.05) is 17.0 Å². The molecule has 7 heteroatoms. The molecule has 0 aliphatic heterocycles. The number of rotatable bonds is 3. The second-order valence-corrected chi connectivity index (χ2v) is 6.05. The Morgan fingerprint density at radius 1 is 1.08 bits per heavy atom. The number of hydrogen-bond donors (Lipinski definition) is 1. The zero-order chi connectivity index (χ0) is 17.2. The first-order valence-electron chi connectivity index (χ1n) is 7.42. The standard InChI is InChI=1S/C18H11N3O3S/c22-16(12-9-11-5-1-2-7-15(11)24-17(12)23)21-18-20-14(10-25-18)13-6-3-4-8-19-13/h1-10H,(H,20,21,22). The summed E-state index contributed by atoms with van der Waals surface area (Å²) < 4.78 is 5.18. The van der Waals surface area contributed by atoms with Crippen LogP contribution in [-0.4, -0.2) is 15.9 Å². The number of anilines is 1. The molecule has 1 aromatic carbocycles. The first-order chi connectivity index (χ1) is 12.2. The summed E-state index contributed by atoms with van der Waals surface area (Å²) in [4.78, 5) is 33.0. The van der Waals surface area contributed by atoms with Crippen LogP contribution in [0.1, 0.15) is 10.4 Å². The number of aromatic nitrogens is 2. The zero-order valence-electron chi connectivity index (χ0n) is 12.8. The number of fused-ring (bicyclic) bond motifs is 1. The number of nitrogens with zero attached hydrogens (tertiary/aromatic N) is 2. The molecule has 0 radical (unpaired) electrons. The van der Waals surface area contributed by atoms with Gasteiger partial charge in [0.15, 0.2) is 5.13 Å². The highest BCUT2D eigenvalue weighted by atomic mass is 32.1. The molecule has 0 saturated carbocycles. The van der Waals surface area contributed by atoms with Crippen molar-refractivity contribution in [1.29, 1.82) is 0 Å². The van der Waals surface area contributed by atoms with E-state index in [1.54, 1.807) is 29.8 Å². The van der Waals surface area contributed by atoms with Gasteiger partial charge in [-0.25, -0.2) is 9.78 Å². The van der Waals surface area contributed by atoms with Gasteiger partial charge in [-0.2, -0.15) is 0 Å². The molecule has 4 aromatic rings. The lowest BCUT2D eigenvalue weighted by Crippen LogP contribution is -2.20. The highest BCUT2D eigenvalue weighted by Gasteiger charge is 2.15. The van der Waals surface area contributed by atoms with Crippen molar-refractivity contribution in [2.45, 2.75) is 0 Å². The van der Waals surface area contributed by atoms with Crippen molar-refractivity contribution >= 4 is 33.3 Å². The lowest BCUT2D eigenvalue weighted by molar-refractivity contribution is 0.102. The van der Waals surface area contributed by atoms with Crippen LogP contribution in [0.4, 0.5) is 5.13 Å². The molecule has 0 atom stereocenters. The third-order valence-corrected chi connectivity index (χ3v) is 4.30. The Labute approximate surface area is 145 Å². The molecule has 1 amide bonds. The number of amides is 1. The summed E-state index contributed by atoms with van der Waals surface area (Å²) in [5.41, 5.74) is 1.07. The summed E-state index contributed by atoms with van der Waals surface area (Å²) in [6.45, 7) is 0. The number of thiazole rings is 1. The largest absolute Gasteiger partial charge is 0.422 e. The first kappa shape index (κ1) is 15.2. The predicted octanol–water partition coefficient (Wildman–Crippen LogP) is 3.56. The quantitative estimate of drug-likeness (QED) is 0.572. The van der Waals surface area contributed by atoms with Crippen molar-refractivity contribution in [3.8, 4) is 11.4 Å². The van der Waals surface area contributed by atoms with Crippen LogP contribution < -0.4 is 10.9 Å². The van der Waals surface area contributed by atoms with Crippen molar-refractivity contribution in [3.05, 3.63) is 76.1 Å². The zero-order valence-corrected chi connectivity index (χ0v) is 13.6. The Morgan fingerprint density at radius 2 is 1.92 bits per heavy atom. The van der Waals surface area contributed by atoms with Gasteiger partial charge in [0.25, 0.3) is 5.91 Å². The molecule has 3 heterocycles. The van der Waals surface area contributed by atoms with Gasteiger partial charge in [-0.3, -0.25) is 15.1 Å². The smallest absolute Gasteiger partial charge is 0.349 e. The van der Waals surface area contributed by atoms with Gasteiger partial charge in [0.2, 0.25) is 0 Å². The van der Waals surface area contributed by atoms with Gasteiger partial charge >= 0.3 is 5.63 Å². The molecule has 0 aliphatic rings. The van der Waals surface area contributed by atoms with Crippen molar-refractivity contribution in [3.63, 3.8) is 0 Å². The van der Waals surface area contributed by atoms with E-state index in [2.05, 4.69) is 15.3 Å². The second kappa shape index (κ2) is 6.29. The van der Waals surface area contributed by atoms with E-state index in [-0.39, 0.29) is 5.56 Å². The van der Waals surface area contributed by atoms with Crippen molar-refractivity contribution in [1.82, 2.24) is 9.97 Å². The lowest BCUT2D eigenvalue weighted by atomic mass is 10.2. The SMILES string of the molecule is O=C(Nc1nc(-c2ccccn2)cs1)c1cc2ccccc2oc1=O. The minimum Gasteiger partial charge on any atom is -0.422 e. The molecule has 0 fully saturated rings. The van der Waals surface area contributed by atoms with Gasteiger partial charge in [-0.05, 0) is 24.3 Å². The molecule has 1 N–H and O–H groups in total. The van der Waals surface area contributed by atoms with Gasteiger partial charge in [-0.15, -0.1) is 11.3 Å². The van der Waals surface area contributed by atoms with E-state index in [1.807, 2.05) is 24.3 Å². The number of pyridine rings is 1. The normalized spacial score (nSPS) is 10.7. The van der Waals surface area contributed by atoms with E-state index in [9.17, 15) is 9.59 Å². The molecular formula is C18H11N3O3S. The van der Waals surface area contributed by atoms with E-state index >= 15 is 0 Å². The molecule has 0 saturated heterocycles. The van der Waals surface area contributed by atoms with Crippen LogP contribution >= 0.6 is 11.3 Å². The van der Waals surface area contributed by atoms with E-state index in [1.165, 1.54) is 17.4 Å². The molecule has 25 heavy (non-hydrogen) atoms. The highest BCUT2D eigenvalue weighted by Crippen LogP contribution is 2.23. The summed E-state index contributed by atoms with van der Waals surface area (Å²) >= 11 is 1.26. The van der Waals surface area contributed by atoms with Crippen LogP contribution in [0.15, 0.2) is 69.3 Å². The maximum absolute atomic E-state index is 12.4. The number of benzene rings is 1. The number of carbonyl (C=O) groups excluding carboxylic acids is 1. The van der Waals surface area contributed by atoms with E-state index in [0.717, 1.165) is 0 Å². The van der Waals surface area contributed by atoms with Crippen LogP contribution in [0.3, 0.4) is 0 Å². The summed E-state index contributed by atoms with van der Waals surface area (Å²) in [6.07, 6.45) is 1.67. The van der Waals surface area contributed by atoms with Crippen LogP contribution in [0.25, 0.3) is 22.4 Å². The maximum Gasteiger partial charge on any atom is 0.349 e. The van der Waals surface area contributed by atoms with Crippen LogP contribution in [0.5, 0.6) is 0 Å². The first-order valence-corrected chi connectivity index (χ1v) is 8.30. The van der Waals surface area contributed by atoms with Crippen molar-refractivity contribution in [2.24, 2.45) is 0 Å². The molecule has 122 valence electrons. The Bertz CT molecular complexity index is 1120. The molecule has 0 bridgehead atoms. The average Bonchev–Trinajstić information content (AvgIpc) is 3.10.